The number of nitrogens with zero attached hydrogens (tertiary/aromatic N) is 4. The predicted octanol–water partition coefficient (Wildman–Crippen LogP) is 3.95. The molecule has 0 atom stereocenters. The van der Waals surface area contributed by atoms with Crippen molar-refractivity contribution in [3.05, 3.63) is 65.0 Å². The van der Waals surface area contributed by atoms with Gasteiger partial charge in [-0.3, -0.25) is 9.36 Å². The molecule has 0 N–H and O–H groups in total. The summed E-state index contributed by atoms with van der Waals surface area (Å²) in [6, 6.07) is 14.0. The Bertz CT molecular complexity index is 1020. The van der Waals surface area contributed by atoms with Crippen LogP contribution in [0.25, 0.3) is 5.69 Å². The van der Waals surface area contributed by atoms with Crippen LogP contribution in [-0.2, 0) is 11.3 Å². The van der Waals surface area contributed by atoms with Crippen LogP contribution in [0.2, 0.25) is 0 Å². The van der Waals surface area contributed by atoms with Crippen LogP contribution < -0.4 is 4.74 Å². The van der Waals surface area contributed by atoms with Crippen molar-refractivity contribution < 1.29 is 9.53 Å². The fourth-order valence-corrected chi connectivity index (χ4v) is 4.06. The van der Waals surface area contributed by atoms with E-state index in [-0.39, 0.29) is 11.7 Å². The minimum absolute atomic E-state index is 0.0437. The quantitative estimate of drug-likeness (QED) is 0.552. The van der Waals surface area contributed by atoms with E-state index < -0.39 is 0 Å². The molecule has 1 heterocycles. The molecule has 1 aromatic heterocycles. The third-order valence-electron chi connectivity index (χ3n) is 4.78. The molecule has 1 amide bonds. The normalized spacial score (nSPS) is 10.8. The van der Waals surface area contributed by atoms with Gasteiger partial charge in [-0.2, -0.15) is 0 Å². The van der Waals surface area contributed by atoms with Crippen LogP contribution >= 0.6 is 11.8 Å². The Morgan fingerprint density at radius 3 is 2.62 bits per heavy atom. The first-order valence-corrected chi connectivity index (χ1v) is 10.4. The smallest absolute Gasteiger partial charge is 0.233 e. The molecule has 0 aliphatic carbocycles. The number of amides is 1. The second-order valence-corrected chi connectivity index (χ2v) is 7.95. The number of thioether (sulfide) groups is 1. The van der Waals surface area contributed by atoms with E-state index in [0.717, 1.165) is 22.8 Å². The summed E-state index contributed by atoms with van der Waals surface area (Å²) < 4.78 is 7.39. The zero-order valence-electron chi connectivity index (χ0n) is 17.5. The molecular weight excluding hydrogens is 384 g/mol. The van der Waals surface area contributed by atoms with E-state index in [4.69, 9.17) is 4.74 Å². The summed E-state index contributed by atoms with van der Waals surface area (Å²) in [5, 5.41) is 9.11. The summed E-state index contributed by atoms with van der Waals surface area (Å²) >= 11 is 1.38. The van der Waals surface area contributed by atoms with E-state index in [9.17, 15) is 4.79 Å². The summed E-state index contributed by atoms with van der Waals surface area (Å²) in [7, 11) is 3.47. The van der Waals surface area contributed by atoms with Crippen LogP contribution in [0.4, 0.5) is 0 Å². The fraction of sp³-hybridized carbons (Fsp3) is 0.318. The van der Waals surface area contributed by atoms with E-state index >= 15 is 0 Å². The number of ether oxygens (including phenoxy) is 1. The second-order valence-electron chi connectivity index (χ2n) is 7.01. The van der Waals surface area contributed by atoms with E-state index in [1.165, 1.54) is 22.9 Å². The molecule has 0 aliphatic rings. The first-order chi connectivity index (χ1) is 13.9. The van der Waals surface area contributed by atoms with Crippen LogP contribution in [0, 0.1) is 20.8 Å². The highest BCUT2D eigenvalue weighted by molar-refractivity contribution is 7.99. The molecule has 0 saturated heterocycles. The van der Waals surface area contributed by atoms with E-state index in [1.807, 2.05) is 42.8 Å². The van der Waals surface area contributed by atoms with Gasteiger partial charge in [-0.15, -0.1) is 10.2 Å². The van der Waals surface area contributed by atoms with Gasteiger partial charge in [0.25, 0.3) is 0 Å². The number of carbonyl (C=O) groups excluding carboxylic acids is 1. The molecule has 0 unspecified atom stereocenters. The maximum Gasteiger partial charge on any atom is 0.233 e. The fourth-order valence-electron chi connectivity index (χ4n) is 3.13. The minimum Gasteiger partial charge on any atom is -0.495 e. The first-order valence-electron chi connectivity index (χ1n) is 9.39. The van der Waals surface area contributed by atoms with Crippen LogP contribution in [0.1, 0.15) is 22.5 Å². The van der Waals surface area contributed by atoms with Crippen LogP contribution in [0.15, 0.2) is 47.6 Å². The summed E-state index contributed by atoms with van der Waals surface area (Å²) in [5.74, 6) is 1.81. The maximum absolute atomic E-state index is 12.7. The molecule has 0 spiro atoms. The Morgan fingerprint density at radius 1 is 1.14 bits per heavy atom. The standard InChI is InChI=1S/C22H26N4O2S/c1-15-10-11-18(16(2)12-15)13-25(4)21(27)14-29-22-24-23-17(3)26(22)19-8-6-7-9-20(19)28-5/h6-12H,13-14H2,1-5H3. The average molecular weight is 411 g/mol. The average Bonchev–Trinajstić information content (AvgIpc) is 3.08. The van der Waals surface area contributed by atoms with Gasteiger partial charge in [-0.05, 0) is 44.0 Å². The molecule has 3 rings (SSSR count). The van der Waals surface area contributed by atoms with Crippen molar-refractivity contribution in [1.29, 1.82) is 0 Å². The lowest BCUT2D eigenvalue weighted by Crippen LogP contribution is -2.28. The van der Waals surface area contributed by atoms with Gasteiger partial charge in [0.15, 0.2) is 5.16 Å². The lowest BCUT2D eigenvalue weighted by molar-refractivity contribution is -0.127. The van der Waals surface area contributed by atoms with Crippen molar-refractivity contribution in [3.8, 4) is 11.4 Å². The van der Waals surface area contributed by atoms with Crippen LogP contribution in [-0.4, -0.2) is 45.5 Å². The van der Waals surface area contributed by atoms with E-state index in [0.29, 0.717) is 11.7 Å². The molecular formula is C22H26N4O2S. The number of aromatic nitrogens is 3. The number of hydrogen-bond acceptors (Lipinski definition) is 5. The number of rotatable bonds is 7. The summed E-state index contributed by atoms with van der Waals surface area (Å²) in [6.07, 6.45) is 0. The third kappa shape index (κ3) is 4.79. The number of benzene rings is 2. The van der Waals surface area contributed by atoms with Crippen molar-refractivity contribution in [1.82, 2.24) is 19.7 Å². The lowest BCUT2D eigenvalue weighted by Gasteiger charge is -2.19. The molecule has 3 aromatic rings. The molecule has 0 fully saturated rings. The van der Waals surface area contributed by atoms with Gasteiger partial charge in [0.1, 0.15) is 11.6 Å². The molecule has 0 radical (unpaired) electrons. The van der Waals surface area contributed by atoms with E-state index in [1.54, 1.807) is 12.0 Å². The van der Waals surface area contributed by atoms with Crippen LogP contribution in [0.5, 0.6) is 5.75 Å². The Morgan fingerprint density at radius 2 is 1.90 bits per heavy atom. The number of carbonyl (C=O) groups is 1. The Labute approximate surface area is 175 Å². The molecule has 0 aliphatic heterocycles. The number of para-hydroxylation sites is 2. The van der Waals surface area contributed by atoms with Crippen molar-refractivity contribution in [2.24, 2.45) is 0 Å². The van der Waals surface area contributed by atoms with Gasteiger partial charge in [-0.25, -0.2) is 0 Å². The molecule has 0 bridgehead atoms. The van der Waals surface area contributed by atoms with Gasteiger partial charge in [-0.1, -0.05) is 47.7 Å². The summed E-state index contributed by atoms with van der Waals surface area (Å²) in [4.78, 5) is 14.5. The largest absolute Gasteiger partial charge is 0.495 e. The minimum atomic E-state index is 0.0437. The van der Waals surface area contributed by atoms with Crippen molar-refractivity contribution in [3.63, 3.8) is 0 Å². The molecule has 2 aromatic carbocycles. The maximum atomic E-state index is 12.7. The SMILES string of the molecule is COc1ccccc1-n1c(C)nnc1SCC(=O)N(C)Cc1ccc(C)cc1C. The highest BCUT2D eigenvalue weighted by Crippen LogP contribution is 2.28. The first kappa shape index (κ1) is 20.9. The molecule has 0 saturated carbocycles. The predicted molar refractivity (Wildman–Crippen MR) is 116 cm³/mol. The number of methoxy groups -OCH3 is 1. The van der Waals surface area contributed by atoms with Gasteiger partial charge in [0.2, 0.25) is 5.91 Å². The monoisotopic (exact) mass is 410 g/mol. The zero-order valence-corrected chi connectivity index (χ0v) is 18.3. The van der Waals surface area contributed by atoms with Gasteiger partial charge < -0.3 is 9.64 Å². The topological polar surface area (TPSA) is 60.2 Å². The third-order valence-corrected chi connectivity index (χ3v) is 5.69. The van der Waals surface area contributed by atoms with Gasteiger partial charge >= 0.3 is 0 Å². The highest BCUT2D eigenvalue weighted by Gasteiger charge is 2.18. The molecule has 152 valence electrons. The number of hydrogen-bond donors (Lipinski definition) is 0. The number of aryl methyl sites for hydroxylation is 3. The second kappa shape index (κ2) is 9.13. The zero-order chi connectivity index (χ0) is 21.0. The highest BCUT2D eigenvalue weighted by atomic mass is 32.2. The Balaban J connectivity index is 1.71. The Kier molecular flexibility index (Phi) is 6.59. The van der Waals surface area contributed by atoms with Crippen molar-refractivity contribution in [2.45, 2.75) is 32.5 Å². The van der Waals surface area contributed by atoms with E-state index in [2.05, 4.69) is 42.2 Å². The molecule has 6 nitrogen and oxygen atoms in total. The molecule has 29 heavy (non-hydrogen) atoms. The summed E-state index contributed by atoms with van der Waals surface area (Å²) in [6.45, 7) is 6.62. The van der Waals surface area contributed by atoms with Crippen molar-refractivity contribution >= 4 is 17.7 Å². The van der Waals surface area contributed by atoms with Gasteiger partial charge in [0.05, 0.1) is 18.6 Å². The Hall–Kier alpha value is -2.80. The molecule has 7 heteroatoms. The van der Waals surface area contributed by atoms with Crippen LogP contribution in [0.3, 0.4) is 0 Å². The summed E-state index contributed by atoms with van der Waals surface area (Å²) in [5.41, 5.74) is 4.44. The van der Waals surface area contributed by atoms with Gasteiger partial charge in [0, 0.05) is 13.6 Å². The lowest BCUT2D eigenvalue weighted by atomic mass is 10.1. The van der Waals surface area contributed by atoms with Crippen molar-refractivity contribution in [2.75, 3.05) is 19.9 Å².